The predicted octanol–water partition coefficient (Wildman–Crippen LogP) is 1.61. The van der Waals surface area contributed by atoms with Crippen LogP contribution in [0.1, 0.15) is 11.5 Å². The third-order valence-electron chi connectivity index (χ3n) is 3.27. The summed E-state index contributed by atoms with van der Waals surface area (Å²) in [6, 6.07) is 11.4. The van der Waals surface area contributed by atoms with E-state index >= 15 is 0 Å². The van der Waals surface area contributed by atoms with Crippen molar-refractivity contribution >= 4 is 5.69 Å². The van der Waals surface area contributed by atoms with Gasteiger partial charge in [0.2, 0.25) is 0 Å². The van der Waals surface area contributed by atoms with E-state index in [9.17, 15) is 4.79 Å². The van der Waals surface area contributed by atoms with Crippen LogP contribution in [0.25, 0.3) is 0 Å². The number of hydrogen-bond acceptors (Lipinski definition) is 3. The fourth-order valence-electron chi connectivity index (χ4n) is 2.32. The van der Waals surface area contributed by atoms with Crippen molar-refractivity contribution in [3.8, 4) is 5.75 Å². The molecule has 0 saturated heterocycles. The topological polar surface area (TPSA) is 57.2 Å². The first-order valence-corrected chi connectivity index (χ1v) is 5.92. The molecule has 1 aliphatic rings. The van der Waals surface area contributed by atoms with Crippen LogP contribution in [-0.2, 0) is 6.54 Å². The van der Waals surface area contributed by atoms with Crippen molar-refractivity contribution in [2.24, 2.45) is 0 Å². The van der Waals surface area contributed by atoms with E-state index in [1.54, 1.807) is 22.9 Å². The molecule has 2 aromatic rings. The van der Waals surface area contributed by atoms with Crippen LogP contribution in [-0.4, -0.2) is 11.2 Å². The van der Waals surface area contributed by atoms with E-state index in [2.05, 4.69) is 0 Å². The van der Waals surface area contributed by atoms with Gasteiger partial charge in [-0.25, -0.2) is 0 Å². The number of fused-ring (bicyclic) bond motifs is 1. The highest BCUT2D eigenvalue weighted by atomic mass is 16.5. The van der Waals surface area contributed by atoms with Gasteiger partial charge in [0, 0.05) is 24.2 Å². The van der Waals surface area contributed by atoms with E-state index in [0.717, 1.165) is 11.3 Å². The summed E-state index contributed by atoms with van der Waals surface area (Å²) >= 11 is 0. The molecule has 0 fully saturated rings. The average molecular weight is 242 g/mol. The second-order valence-corrected chi connectivity index (χ2v) is 4.47. The highest BCUT2D eigenvalue weighted by Crippen LogP contribution is 2.34. The molecule has 1 atom stereocenters. The number of ether oxygens (including phenoxy) is 1. The van der Waals surface area contributed by atoms with Crippen molar-refractivity contribution < 1.29 is 4.74 Å². The maximum atomic E-state index is 11.9. The largest absolute Gasteiger partial charge is 0.493 e. The zero-order valence-electron chi connectivity index (χ0n) is 9.87. The molecule has 1 aromatic heterocycles. The zero-order valence-corrected chi connectivity index (χ0v) is 9.87. The molecule has 0 radical (unpaired) electrons. The predicted molar refractivity (Wildman–Crippen MR) is 69.8 cm³/mol. The minimum absolute atomic E-state index is 0.137. The highest BCUT2D eigenvalue weighted by molar-refractivity contribution is 5.40. The Morgan fingerprint density at radius 1 is 1.28 bits per heavy atom. The van der Waals surface area contributed by atoms with Crippen molar-refractivity contribution in [2.75, 3.05) is 12.3 Å². The summed E-state index contributed by atoms with van der Waals surface area (Å²) in [5, 5.41) is 0. The van der Waals surface area contributed by atoms with Crippen molar-refractivity contribution in [1.82, 2.24) is 4.57 Å². The molecule has 1 aromatic carbocycles. The number of hydrogen-bond donors (Lipinski definition) is 1. The number of rotatable bonds is 2. The third-order valence-corrected chi connectivity index (χ3v) is 3.27. The molecule has 0 spiro atoms. The fourth-order valence-corrected chi connectivity index (χ4v) is 2.32. The van der Waals surface area contributed by atoms with Crippen LogP contribution in [0.4, 0.5) is 5.69 Å². The third kappa shape index (κ3) is 1.76. The average Bonchev–Trinajstić information content (AvgIpc) is 2.79. The van der Waals surface area contributed by atoms with Gasteiger partial charge in [-0.05, 0) is 18.2 Å². The molecule has 1 unspecified atom stereocenters. The van der Waals surface area contributed by atoms with Gasteiger partial charge in [-0.3, -0.25) is 4.79 Å². The van der Waals surface area contributed by atoms with E-state index in [0.29, 0.717) is 13.2 Å². The Labute approximate surface area is 105 Å². The van der Waals surface area contributed by atoms with Gasteiger partial charge in [-0.1, -0.05) is 18.2 Å². The van der Waals surface area contributed by atoms with E-state index in [4.69, 9.17) is 10.5 Å². The summed E-state index contributed by atoms with van der Waals surface area (Å²) in [5.41, 5.74) is 6.93. The van der Waals surface area contributed by atoms with Crippen LogP contribution in [0.2, 0.25) is 0 Å². The van der Waals surface area contributed by atoms with Gasteiger partial charge >= 0.3 is 0 Å². The van der Waals surface area contributed by atoms with Crippen LogP contribution in [0.15, 0.2) is 47.4 Å². The molecule has 92 valence electrons. The highest BCUT2D eigenvalue weighted by Gasteiger charge is 2.24. The Balaban J connectivity index is 1.91. The lowest BCUT2D eigenvalue weighted by atomic mass is 10.0. The van der Waals surface area contributed by atoms with Crippen LogP contribution in [0, 0.1) is 0 Å². The number of anilines is 1. The number of para-hydroxylation sites is 1. The maximum absolute atomic E-state index is 11.9. The molecule has 4 heteroatoms. The van der Waals surface area contributed by atoms with E-state index < -0.39 is 0 Å². The minimum atomic E-state index is -0.137. The van der Waals surface area contributed by atoms with Crippen LogP contribution in [0.3, 0.4) is 0 Å². The normalized spacial score (nSPS) is 17.2. The first-order valence-electron chi connectivity index (χ1n) is 5.92. The Kier molecular flexibility index (Phi) is 2.55. The van der Waals surface area contributed by atoms with E-state index in [1.165, 1.54) is 0 Å². The molecule has 1 aliphatic heterocycles. The molecular weight excluding hydrogens is 228 g/mol. The summed E-state index contributed by atoms with van der Waals surface area (Å²) < 4.78 is 7.25. The van der Waals surface area contributed by atoms with Gasteiger partial charge in [0.1, 0.15) is 5.75 Å². The van der Waals surface area contributed by atoms with Crippen LogP contribution >= 0.6 is 0 Å². The summed E-state index contributed by atoms with van der Waals surface area (Å²) in [6.45, 7) is 1.21. The number of nitrogen functional groups attached to an aromatic ring is 1. The number of nitrogens with two attached hydrogens (primary N) is 1. The molecule has 0 saturated carbocycles. The lowest BCUT2D eigenvalue weighted by Gasteiger charge is -2.11. The summed E-state index contributed by atoms with van der Waals surface area (Å²) in [4.78, 5) is 11.9. The molecule has 4 nitrogen and oxygen atoms in total. The summed E-state index contributed by atoms with van der Waals surface area (Å²) in [5.74, 6) is 1.13. The van der Waals surface area contributed by atoms with Gasteiger partial charge in [-0.2, -0.15) is 0 Å². The van der Waals surface area contributed by atoms with Gasteiger partial charge in [0.15, 0.2) is 0 Å². The molecule has 0 amide bonds. The molecular formula is C14H14N2O2. The zero-order chi connectivity index (χ0) is 12.5. The van der Waals surface area contributed by atoms with Crippen molar-refractivity contribution in [2.45, 2.75) is 12.5 Å². The first kappa shape index (κ1) is 10.9. The van der Waals surface area contributed by atoms with Gasteiger partial charge < -0.3 is 15.0 Å². The number of aromatic nitrogens is 1. The van der Waals surface area contributed by atoms with Gasteiger partial charge in [0.25, 0.3) is 5.56 Å². The number of pyridine rings is 1. The maximum Gasteiger partial charge on any atom is 0.273 e. The first-order chi connectivity index (χ1) is 8.75. The Morgan fingerprint density at radius 3 is 3.00 bits per heavy atom. The molecule has 18 heavy (non-hydrogen) atoms. The second-order valence-electron chi connectivity index (χ2n) is 4.47. The fraction of sp³-hybridized carbons (Fsp3) is 0.214. The van der Waals surface area contributed by atoms with Crippen molar-refractivity contribution in [3.63, 3.8) is 0 Å². The lowest BCUT2D eigenvalue weighted by Crippen LogP contribution is -2.25. The van der Waals surface area contributed by atoms with Crippen LogP contribution < -0.4 is 16.0 Å². The number of benzene rings is 1. The SMILES string of the molecule is Nc1cccn(CC2COc3ccccc32)c1=O. The van der Waals surface area contributed by atoms with Gasteiger partial charge in [-0.15, -0.1) is 0 Å². The molecule has 0 bridgehead atoms. The summed E-state index contributed by atoms with van der Waals surface area (Å²) in [6.07, 6.45) is 1.76. The minimum Gasteiger partial charge on any atom is -0.493 e. The smallest absolute Gasteiger partial charge is 0.273 e. The van der Waals surface area contributed by atoms with Crippen molar-refractivity contribution in [1.29, 1.82) is 0 Å². The lowest BCUT2D eigenvalue weighted by molar-refractivity contribution is 0.318. The standard InChI is InChI=1S/C14H14N2O2/c15-12-5-3-7-16(14(12)17)8-10-9-18-13-6-2-1-4-11(10)13/h1-7,10H,8-9,15H2. The number of nitrogens with zero attached hydrogens (tertiary/aromatic N) is 1. The Bertz CT molecular complexity index is 634. The summed E-state index contributed by atoms with van der Waals surface area (Å²) in [7, 11) is 0. The van der Waals surface area contributed by atoms with Crippen molar-refractivity contribution in [3.05, 3.63) is 58.5 Å². The molecule has 3 rings (SSSR count). The van der Waals surface area contributed by atoms with Crippen LogP contribution in [0.5, 0.6) is 5.75 Å². The molecule has 0 aliphatic carbocycles. The van der Waals surface area contributed by atoms with E-state index in [-0.39, 0.29) is 17.2 Å². The van der Waals surface area contributed by atoms with Gasteiger partial charge in [0.05, 0.1) is 12.3 Å². The Morgan fingerprint density at radius 2 is 2.11 bits per heavy atom. The van der Waals surface area contributed by atoms with E-state index in [1.807, 2.05) is 24.3 Å². The monoisotopic (exact) mass is 242 g/mol. The molecule has 2 heterocycles. The second kappa shape index (κ2) is 4.22. The Hall–Kier alpha value is -2.23. The quantitative estimate of drug-likeness (QED) is 0.870. The molecule has 2 N–H and O–H groups in total.